The number of halogens is 1. The van der Waals surface area contributed by atoms with Crippen molar-refractivity contribution in [1.29, 1.82) is 0 Å². The topological polar surface area (TPSA) is 101 Å². The van der Waals surface area contributed by atoms with Crippen molar-refractivity contribution in [1.82, 2.24) is 19.7 Å². The highest BCUT2D eigenvalue weighted by molar-refractivity contribution is 7.13. The van der Waals surface area contributed by atoms with Gasteiger partial charge in [-0.15, -0.1) is 11.3 Å². The highest BCUT2D eigenvalue weighted by Gasteiger charge is 2.37. The first kappa shape index (κ1) is 22.7. The van der Waals surface area contributed by atoms with Gasteiger partial charge in [0.05, 0.1) is 31.0 Å². The molecule has 3 heterocycles. The van der Waals surface area contributed by atoms with Crippen LogP contribution in [-0.2, 0) is 11.3 Å². The SMILES string of the molecule is CC(C)(C)N(C[C@H]1CN(c2ccc(-c3nc(Cn4cccn4)cs3)c(F)c2)C(=O)O1)C(=O)O. The summed E-state index contributed by atoms with van der Waals surface area (Å²) in [5.74, 6) is -0.509. The number of carbonyl (C=O) groups is 2. The molecule has 0 bridgehead atoms. The molecule has 0 unspecified atom stereocenters. The zero-order valence-electron chi connectivity index (χ0n) is 18.4. The van der Waals surface area contributed by atoms with Crippen LogP contribution in [0.3, 0.4) is 0 Å². The van der Waals surface area contributed by atoms with Crippen LogP contribution in [0.4, 0.5) is 19.7 Å². The number of hydrogen-bond donors (Lipinski definition) is 1. The van der Waals surface area contributed by atoms with Gasteiger partial charge in [-0.1, -0.05) is 0 Å². The Balaban J connectivity index is 1.47. The summed E-state index contributed by atoms with van der Waals surface area (Å²) >= 11 is 1.33. The number of carboxylic acid groups (broad SMARTS) is 1. The maximum atomic E-state index is 15.0. The third kappa shape index (κ3) is 4.98. The molecule has 0 radical (unpaired) electrons. The van der Waals surface area contributed by atoms with Gasteiger partial charge in [0.15, 0.2) is 0 Å². The minimum Gasteiger partial charge on any atom is -0.465 e. The molecule has 33 heavy (non-hydrogen) atoms. The maximum absolute atomic E-state index is 15.0. The molecule has 0 aliphatic carbocycles. The molecule has 3 aromatic rings. The van der Waals surface area contributed by atoms with E-state index in [9.17, 15) is 19.1 Å². The molecule has 1 aliphatic heterocycles. The number of hydrogen-bond acceptors (Lipinski definition) is 6. The first-order chi connectivity index (χ1) is 15.6. The lowest BCUT2D eigenvalue weighted by molar-refractivity contribution is 0.0605. The zero-order chi connectivity index (χ0) is 23.8. The van der Waals surface area contributed by atoms with E-state index in [1.165, 1.54) is 27.2 Å². The fourth-order valence-corrected chi connectivity index (χ4v) is 4.42. The van der Waals surface area contributed by atoms with Crippen molar-refractivity contribution in [2.24, 2.45) is 0 Å². The van der Waals surface area contributed by atoms with Crippen molar-refractivity contribution >= 4 is 29.2 Å². The highest BCUT2D eigenvalue weighted by atomic mass is 32.1. The lowest BCUT2D eigenvalue weighted by atomic mass is 10.1. The average Bonchev–Trinajstić information content (AvgIpc) is 3.47. The summed E-state index contributed by atoms with van der Waals surface area (Å²) in [5.41, 5.74) is 0.803. The summed E-state index contributed by atoms with van der Waals surface area (Å²) in [5, 5.41) is 16.0. The Morgan fingerprint density at radius 1 is 1.39 bits per heavy atom. The summed E-state index contributed by atoms with van der Waals surface area (Å²) in [6.07, 6.45) is 1.12. The second-order valence-corrected chi connectivity index (χ2v) is 9.55. The molecule has 1 aliphatic rings. The molecule has 2 aromatic heterocycles. The second-order valence-electron chi connectivity index (χ2n) is 8.69. The minimum absolute atomic E-state index is 0.0276. The monoisotopic (exact) mass is 473 g/mol. The van der Waals surface area contributed by atoms with Crippen LogP contribution in [0.1, 0.15) is 26.5 Å². The van der Waals surface area contributed by atoms with Gasteiger partial charge >= 0.3 is 12.2 Å². The first-order valence-electron chi connectivity index (χ1n) is 10.3. The second kappa shape index (κ2) is 8.81. The third-order valence-corrected chi connectivity index (χ3v) is 6.16. The van der Waals surface area contributed by atoms with Crippen LogP contribution in [0.5, 0.6) is 0 Å². The van der Waals surface area contributed by atoms with E-state index >= 15 is 0 Å². The Morgan fingerprint density at radius 3 is 2.82 bits per heavy atom. The molecule has 0 spiro atoms. The normalized spacial score (nSPS) is 16.2. The van der Waals surface area contributed by atoms with Gasteiger partial charge in [0.1, 0.15) is 16.9 Å². The van der Waals surface area contributed by atoms with Crippen LogP contribution >= 0.6 is 11.3 Å². The lowest BCUT2D eigenvalue weighted by Crippen LogP contribution is -2.49. The van der Waals surface area contributed by atoms with Gasteiger partial charge < -0.3 is 9.84 Å². The molecule has 0 saturated carbocycles. The fourth-order valence-electron chi connectivity index (χ4n) is 3.58. The number of nitrogens with zero attached hydrogens (tertiary/aromatic N) is 5. The van der Waals surface area contributed by atoms with E-state index in [4.69, 9.17) is 4.74 Å². The number of thiazole rings is 1. The number of ether oxygens (including phenoxy) is 1. The van der Waals surface area contributed by atoms with Crippen LogP contribution in [0.15, 0.2) is 42.0 Å². The van der Waals surface area contributed by atoms with E-state index in [1.807, 2.05) is 17.6 Å². The first-order valence-corrected chi connectivity index (χ1v) is 11.2. The van der Waals surface area contributed by atoms with Crippen LogP contribution < -0.4 is 4.90 Å². The predicted octanol–water partition coefficient (Wildman–Crippen LogP) is 4.30. The zero-order valence-corrected chi connectivity index (χ0v) is 19.3. The summed E-state index contributed by atoms with van der Waals surface area (Å²) in [4.78, 5) is 31.0. The molecule has 1 fully saturated rings. The molecule has 9 nitrogen and oxygen atoms in total. The molecule has 1 atom stereocenters. The largest absolute Gasteiger partial charge is 0.465 e. The summed E-state index contributed by atoms with van der Waals surface area (Å²) in [6.45, 7) is 5.95. The summed E-state index contributed by atoms with van der Waals surface area (Å²) in [6, 6.07) is 6.31. The van der Waals surface area contributed by atoms with Gasteiger partial charge in [-0.2, -0.15) is 5.10 Å². The van der Waals surface area contributed by atoms with Crippen molar-refractivity contribution in [3.63, 3.8) is 0 Å². The van der Waals surface area contributed by atoms with E-state index in [0.717, 1.165) is 5.69 Å². The number of anilines is 1. The Labute approximate surface area is 194 Å². The van der Waals surface area contributed by atoms with E-state index in [0.29, 0.717) is 22.8 Å². The van der Waals surface area contributed by atoms with Crippen molar-refractivity contribution in [3.8, 4) is 10.6 Å². The van der Waals surface area contributed by atoms with Gasteiger partial charge in [0, 0.05) is 28.9 Å². The lowest BCUT2D eigenvalue weighted by Gasteiger charge is -2.34. The number of cyclic esters (lactones) is 1. The molecule has 1 aromatic carbocycles. The number of amides is 2. The molecule has 11 heteroatoms. The van der Waals surface area contributed by atoms with E-state index < -0.39 is 29.6 Å². The van der Waals surface area contributed by atoms with Gasteiger partial charge in [-0.05, 0) is 45.0 Å². The Morgan fingerprint density at radius 2 is 2.18 bits per heavy atom. The molecule has 1 saturated heterocycles. The number of aromatic nitrogens is 3. The Hall–Kier alpha value is -3.47. The predicted molar refractivity (Wildman–Crippen MR) is 121 cm³/mol. The Kier molecular flexibility index (Phi) is 6.07. The molecular formula is C22H24FN5O4S. The van der Waals surface area contributed by atoms with Gasteiger partial charge in [0.25, 0.3) is 0 Å². The third-order valence-electron chi connectivity index (χ3n) is 5.23. The number of rotatable bonds is 6. The standard InChI is InChI=1S/C22H24FN5O4S/c1-22(2,3)28(20(29)30)12-16-11-27(21(31)32-16)15-5-6-17(18(23)9-15)19-25-14(13-33-19)10-26-8-4-7-24-26/h4-9,13,16H,10-12H2,1-3H3,(H,29,30)/t16-/m1/s1. The van der Waals surface area contributed by atoms with Crippen molar-refractivity contribution in [2.75, 3.05) is 18.0 Å². The van der Waals surface area contributed by atoms with Crippen LogP contribution in [-0.4, -0.2) is 61.7 Å². The fraction of sp³-hybridized carbons (Fsp3) is 0.364. The number of benzene rings is 1. The van der Waals surface area contributed by atoms with Crippen molar-refractivity contribution < 1.29 is 23.8 Å². The van der Waals surface area contributed by atoms with Crippen molar-refractivity contribution in [3.05, 3.63) is 53.6 Å². The average molecular weight is 474 g/mol. The van der Waals surface area contributed by atoms with Gasteiger partial charge in [-0.25, -0.2) is 19.0 Å². The number of carbonyl (C=O) groups excluding carboxylic acids is 1. The maximum Gasteiger partial charge on any atom is 0.414 e. The van der Waals surface area contributed by atoms with Crippen LogP contribution in [0, 0.1) is 5.82 Å². The Bertz CT molecular complexity index is 1160. The smallest absolute Gasteiger partial charge is 0.414 e. The molecule has 4 rings (SSSR count). The van der Waals surface area contributed by atoms with Crippen molar-refractivity contribution in [2.45, 2.75) is 39.0 Å². The molecular weight excluding hydrogens is 449 g/mol. The van der Waals surface area contributed by atoms with Crippen LogP contribution in [0.2, 0.25) is 0 Å². The quantitative estimate of drug-likeness (QED) is 0.573. The molecule has 1 N–H and O–H groups in total. The van der Waals surface area contributed by atoms with E-state index in [-0.39, 0.29) is 13.1 Å². The van der Waals surface area contributed by atoms with Gasteiger partial charge in [-0.3, -0.25) is 14.5 Å². The minimum atomic E-state index is -1.09. The highest BCUT2D eigenvalue weighted by Crippen LogP contribution is 2.31. The van der Waals surface area contributed by atoms with E-state index in [1.54, 1.807) is 43.8 Å². The summed E-state index contributed by atoms with van der Waals surface area (Å²) in [7, 11) is 0. The molecule has 174 valence electrons. The molecule has 2 amide bonds. The van der Waals surface area contributed by atoms with Gasteiger partial charge in [0.2, 0.25) is 0 Å². The van der Waals surface area contributed by atoms with Crippen LogP contribution in [0.25, 0.3) is 10.6 Å². The summed E-state index contributed by atoms with van der Waals surface area (Å²) < 4.78 is 22.0. The van der Waals surface area contributed by atoms with E-state index in [2.05, 4.69) is 10.1 Å².